The second-order valence-corrected chi connectivity index (χ2v) is 4.73. The smallest absolute Gasteiger partial charge is 0.0392 e. The van der Waals surface area contributed by atoms with Crippen molar-refractivity contribution in [3.63, 3.8) is 0 Å². The first-order chi connectivity index (χ1) is 4.95. The molecule has 0 radical (unpaired) electrons. The third kappa shape index (κ3) is 8.54. The Morgan fingerprint density at radius 3 is 2.55 bits per heavy atom. The molecule has 0 unspecified atom stereocenters. The zero-order valence-corrected chi connectivity index (χ0v) is 9.06. The van der Waals surface area contributed by atoms with Crippen LogP contribution in [0.1, 0.15) is 13.8 Å². The summed E-state index contributed by atoms with van der Waals surface area (Å²) in [6, 6.07) is 0. The molecule has 2 N–H and O–H groups in total. The van der Waals surface area contributed by atoms with Crippen molar-refractivity contribution in [3.8, 4) is 0 Å². The van der Waals surface area contributed by atoms with Crippen LogP contribution in [0.2, 0.25) is 0 Å². The molecule has 0 saturated carbocycles. The molecule has 0 aromatic rings. The highest BCUT2D eigenvalue weighted by Gasteiger charge is 2.09. The lowest BCUT2D eigenvalue weighted by molar-refractivity contribution is 0.591. The zero-order chi connectivity index (χ0) is 8.91. The normalized spacial score (nSPS) is 13.7. The summed E-state index contributed by atoms with van der Waals surface area (Å²) in [7, 11) is 0. The lowest BCUT2D eigenvalue weighted by atomic mass is 10.1. The summed E-state index contributed by atoms with van der Waals surface area (Å²) in [5.41, 5.74) is 7.00. The van der Waals surface area contributed by atoms with Crippen LogP contribution in [0.5, 0.6) is 0 Å². The number of hydrogen-bond acceptors (Lipinski definition) is 2. The molecule has 11 heavy (non-hydrogen) atoms. The minimum Gasteiger partial charge on any atom is -0.325 e. The van der Waals surface area contributed by atoms with Gasteiger partial charge in [-0.25, -0.2) is 0 Å². The summed E-state index contributed by atoms with van der Waals surface area (Å²) in [6.45, 7) is 3.97. The summed E-state index contributed by atoms with van der Waals surface area (Å²) >= 11 is 12.7. The molecule has 0 aromatic heterocycles. The van der Waals surface area contributed by atoms with Crippen LogP contribution in [0.3, 0.4) is 0 Å². The van der Waals surface area contributed by atoms with Gasteiger partial charge in [0, 0.05) is 27.6 Å². The van der Waals surface area contributed by atoms with Crippen molar-refractivity contribution >= 4 is 35.0 Å². The van der Waals surface area contributed by atoms with Crippen molar-refractivity contribution in [1.82, 2.24) is 0 Å². The highest BCUT2D eigenvalue weighted by molar-refractivity contribution is 7.99. The molecule has 0 aliphatic heterocycles. The van der Waals surface area contributed by atoms with Crippen LogP contribution in [0, 0.1) is 0 Å². The van der Waals surface area contributed by atoms with E-state index in [-0.39, 0.29) is 5.54 Å². The minimum atomic E-state index is -0.131. The molecule has 0 bridgehead atoms. The van der Waals surface area contributed by atoms with Crippen molar-refractivity contribution < 1.29 is 0 Å². The van der Waals surface area contributed by atoms with E-state index in [0.717, 1.165) is 11.5 Å². The molecule has 66 valence electrons. The van der Waals surface area contributed by atoms with Crippen LogP contribution in [-0.2, 0) is 0 Å². The summed E-state index contributed by atoms with van der Waals surface area (Å²) in [4.78, 5) is 0. The third-order valence-electron chi connectivity index (χ3n) is 0.832. The van der Waals surface area contributed by atoms with Crippen molar-refractivity contribution in [3.05, 3.63) is 10.6 Å². The van der Waals surface area contributed by atoms with Crippen molar-refractivity contribution in [2.45, 2.75) is 19.4 Å². The first-order valence-corrected chi connectivity index (χ1v) is 5.24. The fraction of sp³-hybridized carbons (Fsp3) is 0.714. The van der Waals surface area contributed by atoms with Crippen molar-refractivity contribution in [2.24, 2.45) is 5.73 Å². The Bertz CT molecular complexity index is 140. The Balaban J connectivity index is 3.43. The zero-order valence-electron chi connectivity index (χ0n) is 6.73. The predicted molar refractivity (Wildman–Crippen MR) is 55.4 cm³/mol. The van der Waals surface area contributed by atoms with E-state index in [0.29, 0.717) is 5.03 Å². The predicted octanol–water partition coefficient (Wildman–Crippen LogP) is 2.78. The van der Waals surface area contributed by atoms with Crippen LogP contribution >= 0.6 is 35.0 Å². The van der Waals surface area contributed by atoms with Gasteiger partial charge in [-0.15, -0.1) is 0 Å². The van der Waals surface area contributed by atoms with Crippen LogP contribution in [-0.4, -0.2) is 17.0 Å². The maximum Gasteiger partial charge on any atom is 0.0392 e. The fourth-order valence-corrected chi connectivity index (χ4v) is 1.75. The summed E-state index contributed by atoms with van der Waals surface area (Å²) < 4.78 is 0. The molecule has 1 nitrogen and oxygen atoms in total. The van der Waals surface area contributed by atoms with Gasteiger partial charge in [0.2, 0.25) is 0 Å². The molecule has 0 spiro atoms. The average molecular weight is 214 g/mol. The molecule has 0 saturated heterocycles. The molecule has 0 aliphatic rings. The van der Waals surface area contributed by atoms with Gasteiger partial charge in [0.15, 0.2) is 0 Å². The number of thioether (sulfide) groups is 1. The van der Waals surface area contributed by atoms with Gasteiger partial charge in [-0.3, -0.25) is 0 Å². The molecule has 0 rings (SSSR count). The Morgan fingerprint density at radius 2 is 2.18 bits per heavy atom. The highest BCUT2D eigenvalue weighted by Crippen LogP contribution is 2.16. The summed E-state index contributed by atoms with van der Waals surface area (Å²) in [6.07, 6.45) is 0. The Morgan fingerprint density at radius 1 is 1.64 bits per heavy atom. The molecule has 0 amide bonds. The molecule has 0 aromatic carbocycles. The second kappa shape index (κ2) is 5.31. The van der Waals surface area contributed by atoms with Crippen LogP contribution in [0.4, 0.5) is 0 Å². The standard InChI is InChI=1S/C7H13Cl2NS/c1-7(2,10)5-11-4-6(9)3-8/h3H,4-5,10H2,1-2H3/b6-3-. The van der Waals surface area contributed by atoms with Crippen molar-refractivity contribution in [1.29, 1.82) is 0 Å². The van der Waals surface area contributed by atoms with E-state index in [9.17, 15) is 0 Å². The van der Waals surface area contributed by atoms with Crippen LogP contribution in [0.25, 0.3) is 0 Å². The Hall–Kier alpha value is 0.630. The van der Waals surface area contributed by atoms with Gasteiger partial charge in [-0.2, -0.15) is 11.8 Å². The number of hydrogen-bond donors (Lipinski definition) is 1. The molecule has 0 heterocycles. The number of halogens is 2. The monoisotopic (exact) mass is 213 g/mol. The van der Waals surface area contributed by atoms with E-state index in [1.165, 1.54) is 5.54 Å². The largest absolute Gasteiger partial charge is 0.325 e. The number of nitrogens with two attached hydrogens (primary N) is 1. The first kappa shape index (κ1) is 11.6. The van der Waals surface area contributed by atoms with Gasteiger partial charge >= 0.3 is 0 Å². The van der Waals surface area contributed by atoms with E-state index >= 15 is 0 Å². The Labute approximate surface area is 82.3 Å². The van der Waals surface area contributed by atoms with E-state index in [1.807, 2.05) is 13.8 Å². The molecular weight excluding hydrogens is 201 g/mol. The van der Waals surface area contributed by atoms with Gasteiger partial charge < -0.3 is 5.73 Å². The van der Waals surface area contributed by atoms with Gasteiger partial charge in [0.1, 0.15) is 0 Å². The number of rotatable bonds is 4. The maximum absolute atomic E-state index is 5.75. The first-order valence-electron chi connectivity index (χ1n) is 3.27. The quantitative estimate of drug-likeness (QED) is 0.778. The minimum absolute atomic E-state index is 0.131. The summed E-state index contributed by atoms with van der Waals surface area (Å²) in [5, 5.41) is 0.668. The van der Waals surface area contributed by atoms with Gasteiger partial charge in [0.25, 0.3) is 0 Å². The van der Waals surface area contributed by atoms with Crippen molar-refractivity contribution in [2.75, 3.05) is 11.5 Å². The second-order valence-electron chi connectivity index (χ2n) is 3.04. The molecule has 4 heteroatoms. The van der Waals surface area contributed by atoms with E-state index < -0.39 is 0 Å². The fourth-order valence-electron chi connectivity index (χ4n) is 0.443. The maximum atomic E-state index is 5.75. The van der Waals surface area contributed by atoms with Gasteiger partial charge in [-0.05, 0) is 13.8 Å². The van der Waals surface area contributed by atoms with Crippen LogP contribution in [0.15, 0.2) is 10.6 Å². The third-order valence-corrected chi connectivity index (χ3v) is 3.07. The lowest BCUT2D eigenvalue weighted by Gasteiger charge is -2.16. The SMILES string of the molecule is CC(C)(N)CSC/C(Cl)=C/Cl. The topological polar surface area (TPSA) is 26.0 Å². The molecule has 0 atom stereocenters. The molecular formula is C7H13Cl2NS. The molecule has 0 fully saturated rings. The van der Waals surface area contributed by atoms with Gasteiger partial charge in [0.05, 0.1) is 0 Å². The van der Waals surface area contributed by atoms with E-state index in [2.05, 4.69) is 0 Å². The highest BCUT2D eigenvalue weighted by atomic mass is 35.5. The van der Waals surface area contributed by atoms with Gasteiger partial charge in [-0.1, -0.05) is 23.2 Å². The molecule has 0 aliphatic carbocycles. The lowest BCUT2D eigenvalue weighted by Crippen LogP contribution is -2.34. The Kier molecular flexibility index (Phi) is 5.61. The van der Waals surface area contributed by atoms with E-state index in [4.69, 9.17) is 28.9 Å². The van der Waals surface area contributed by atoms with Crippen LogP contribution < -0.4 is 5.73 Å². The average Bonchev–Trinajstić information content (AvgIpc) is 1.85. The summed E-state index contributed by atoms with van der Waals surface area (Å²) in [5.74, 6) is 1.62. The van der Waals surface area contributed by atoms with E-state index in [1.54, 1.807) is 11.8 Å².